The van der Waals surface area contributed by atoms with Crippen molar-refractivity contribution in [2.75, 3.05) is 0 Å². The summed E-state index contributed by atoms with van der Waals surface area (Å²) in [5, 5.41) is 4.49. The molecule has 1 atom stereocenters. The molecular formula is C15H30N4. The number of nitrogens with zero attached hydrogens (tertiary/aromatic N) is 2. The molecule has 0 bridgehead atoms. The van der Waals surface area contributed by atoms with Crippen LogP contribution in [0, 0.1) is 6.92 Å². The molecule has 0 aliphatic rings. The molecule has 1 heterocycles. The van der Waals surface area contributed by atoms with Gasteiger partial charge in [-0.2, -0.15) is 5.10 Å². The molecule has 1 unspecified atom stereocenters. The number of hydrogen-bond acceptors (Lipinski definition) is 3. The number of rotatable bonds is 10. The van der Waals surface area contributed by atoms with Crippen molar-refractivity contribution in [1.82, 2.24) is 15.2 Å². The largest absolute Gasteiger partial charge is 0.271 e. The van der Waals surface area contributed by atoms with Crippen LogP contribution in [-0.4, -0.2) is 9.78 Å². The molecule has 0 saturated heterocycles. The lowest BCUT2D eigenvalue weighted by Gasteiger charge is -2.17. The first kappa shape index (κ1) is 16.2. The summed E-state index contributed by atoms with van der Waals surface area (Å²) in [6.07, 6.45) is 9.00. The van der Waals surface area contributed by atoms with Gasteiger partial charge in [0, 0.05) is 6.54 Å². The number of nitrogens with one attached hydrogen (secondary N) is 1. The Labute approximate surface area is 117 Å². The van der Waals surface area contributed by atoms with Gasteiger partial charge in [0.25, 0.3) is 0 Å². The highest BCUT2D eigenvalue weighted by Crippen LogP contribution is 2.20. The van der Waals surface area contributed by atoms with Gasteiger partial charge in [0.1, 0.15) is 0 Å². The van der Waals surface area contributed by atoms with E-state index in [1.54, 1.807) is 0 Å². The lowest BCUT2D eigenvalue weighted by molar-refractivity contribution is 0.442. The Morgan fingerprint density at radius 2 is 1.89 bits per heavy atom. The molecule has 3 N–H and O–H groups in total. The highest BCUT2D eigenvalue weighted by Gasteiger charge is 2.15. The van der Waals surface area contributed by atoms with Gasteiger partial charge in [-0.1, -0.05) is 45.4 Å². The Balaban J connectivity index is 2.40. The molecule has 110 valence electrons. The van der Waals surface area contributed by atoms with Crippen LogP contribution in [0.15, 0.2) is 6.07 Å². The molecule has 1 aromatic rings. The minimum Gasteiger partial charge on any atom is -0.271 e. The summed E-state index contributed by atoms with van der Waals surface area (Å²) in [5.41, 5.74) is 5.24. The SMILES string of the molecule is CCCCCCCCC(NN)c1cc(C)nn1CC. The van der Waals surface area contributed by atoms with E-state index in [0.717, 1.165) is 18.7 Å². The van der Waals surface area contributed by atoms with Crippen LogP contribution in [0.25, 0.3) is 0 Å². The zero-order valence-corrected chi connectivity index (χ0v) is 12.8. The van der Waals surface area contributed by atoms with Crippen LogP contribution >= 0.6 is 0 Å². The lowest BCUT2D eigenvalue weighted by Crippen LogP contribution is -2.29. The summed E-state index contributed by atoms with van der Waals surface area (Å²) in [6, 6.07) is 2.37. The summed E-state index contributed by atoms with van der Waals surface area (Å²) >= 11 is 0. The van der Waals surface area contributed by atoms with Crippen molar-refractivity contribution in [2.45, 2.75) is 78.3 Å². The molecule has 0 spiro atoms. The van der Waals surface area contributed by atoms with Gasteiger partial charge in [0.15, 0.2) is 0 Å². The van der Waals surface area contributed by atoms with Crippen LogP contribution in [0.3, 0.4) is 0 Å². The summed E-state index contributed by atoms with van der Waals surface area (Å²) in [6.45, 7) is 7.31. The third-order valence-electron chi connectivity index (χ3n) is 3.64. The van der Waals surface area contributed by atoms with Crippen LogP contribution in [0.2, 0.25) is 0 Å². The van der Waals surface area contributed by atoms with Crippen molar-refractivity contribution in [2.24, 2.45) is 5.84 Å². The van der Waals surface area contributed by atoms with Gasteiger partial charge < -0.3 is 0 Å². The fourth-order valence-electron chi connectivity index (χ4n) is 2.54. The molecule has 0 aliphatic carbocycles. The van der Waals surface area contributed by atoms with Crippen molar-refractivity contribution in [1.29, 1.82) is 0 Å². The van der Waals surface area contributed by atoms with Crippen LogP contribution < -0.4 is 11.3 Å². The van der Waals surface area contributed by atoms with E-state index in [4.69, 9.17) is 5.84 Å². The molecule has 0 radical (unpaired) electrons. The average molecular weight is 266 g/mol. The van der Waals surface area contributed by atoms with Crippen molar-refractivity contribution in [3.05, 3.63) is 17.5 Å². The third kappa shape index (κ3) is 5.33. The van der Waals surface area contributed by atoms with E-state index >= 15 is 0 Å². The summed E-state index contributed by atoms with van der Waals surface area (Å²) in [4.78, 5) is 0. The number of aromatic nitrogens is 2. The molecule has 19 heavy (non-hydrogen) atoms. The Kier molecular flexibility index (Phi) is 7.75. The first-order chi connectivity index (χ1) is 9.22. The van der Waals surface area contributed by atoms with Crippen molar-refractivity contribution in [3.8, 4) is 0 Å². The van der Waals surface area contributed by atoms with Crippen LogP contribution in [-0.2, 0) is 6.54 Å². The highest BCUT2D eigenvalue weighted by molar-refractivity contribution is 5.13. The summed E-state index contributed by atoms with van der Waals surface area (Å²) in [7, 11) is 0. The topological polar surface area (TPSA) is 55.9 Å². The fraction of sp³-hybridized carbons (Fsp3) is 0.800. The van der Waals surface area contributed by atoms with Crippen LogP contribution in [0.1, 0.15) is 76.2 Å². The molecule has 1 aromatic heterocycles. The Hall–Kier alpha value is -0.870. The number of hydrogen-bond donors (Lipinski definition) is 2. The van der Waals surface area contributed by atoms with E-state index < -0.39 is 0 Å². The van der Waals surface area contributed by atoms with Crippen molar-refractivity contribution in [3.63, 3.8) is 0 Å². The van der Waals surface area contributed by atoms with Gasteiger partial charge in [-0.05, 0) is 26.3 Å². The van der Waals surface area contributed by atoms with Crippen molar-refractivity contribution < 1.29 is 0 Å². The normalized spacial score (nSPS) is 12.8. The van der Waals surface area contributed by atoms with Gasteiger partial charge in [-0.15, -0.1) is 0 Å². The Bertz CT molecular complexity index is 346. The van der Waals surface area contributed by atoms with E-state index in [1.807, 2.05) is 6.92 Å². The molecule has 0 aromatic carbocycles. The smallest absolute Gasteiger partial charge is 0.0629 e. The van der Waals surface area contributed by atoms with Gasteiger partial charge >= 0.3 is 0 Å². The number of aryl methyl sites for hydroxylation is 2. The first-order valence-corrected chi connectivity index (χ1v) is 7.73. The zero-order valence-electron chi connectivity index (χ0n) is 12.8. The minimum atomic E-state index is 0.229. The lowest BCUT2D eigenvalue weighted by atomic mass is 10.0. The maximum absolute atomic E-state index is 5.71. The number of hydrazine groups is 1. The standard InChI is InChI=1S/C15H30N4/c1-4-6-7-8-9-10-11-14(17-16)15-12-13(3)18-19(15)5-2/h12,14,17H,4-11,16H2,1-3H3. The summed E-state index contributed by atoms with van der Waals surface area (Å²) < 4.78 is 2.05. The van der Waals surface area contributed by atoms with Gasteiger partial charge in [0.2, 0.25) is 0 Å². The highest BCUT2D eigenvalue weighted by atomic mass is 15.3. The van der Waals surface area contributed by atoms with Crippen molar-refractivity contribution >= 4 is 0 Å². The van der Waals surface area contributed by atoms with Crippen LogP contribution in [0.5, 0.6) is 0 Å². The number of nitrogens with two attached hydrogens (primary N) is 1. The van der Waals surface area contributed by atoms with Gasteiger partial charge in [-0.3, -0.25) is 16.0 Å². The van der Waals surface area contributed by atoms with Gasteiger partial charge in [-0.25, -0.2) is 0 Å². The molecular weight excluding hydrogens is 236 g/mol. The first-order valence-electron chi connectivity index (χ1n) is 7.73. The van der Waals surface area contributed by atoms with Gasteiger partial charge in [0.05, 0.1) is 17.4 Å². The molecule has 0 saturated carbocycles. The molecule has 4 nitrogen and oxygen atoms in total. The molecule has 4 heteroatoms. The second-order valence-corrected chi connectivity index (χ2v) is 5.30. The fourth-order valence-corrected chi connectivity index (χ4v) is 2.54. The van der Waals surface area contributed by atoms with E-state index in [0.29, 0.717) is 0 Å². The summed E-state index contributed by atoms with van der Waals surface area (Å²) in [5.74, 6) is 5.71. The number of unbranched alkanes of at least 4 members (excludes halogenated alkanes) is 5. The van der Waals surface area contributed by atoms with E-state index in [9.17, 15) is 0 Å². The molecule has 0 aliphatic heterocycles. The third-order valence-corrected chi connectivity index (χ3v) is 3.64. The van der Waals surface area contributed by atoms with E-state index in [-0.39, 0.29) is 6.04 Å². The van der Waals surface area contributed by atoms with E-state index in [1.165, 1.54) is 44.2 Å². The minimum absolute atomic E-state index is 0.229. The quantitative estimate of drug-likeness (QED) is 0.387. The monoisotopic (exact) mass is 266 g/mol. The van der Waals surface area contributed by atoms with E-state index in [2.05, 4.69) is 35.1 Å². The maximum atomic E-state index is 5.71. The second-order valence-electron chi connectivity index (χ2n) is 5.30. The predicted molar refractivity (Wildman–Crippen MR) is 80.7 cm³/mol. The zero-order chi connectivity index (χ0) is 14.1. The molecule has 0 fully saturated rings. The molecule has 1 rings (SSSR count). The Morgan fingerprint density at radius 1 is 1.21 bits per heavy atom. The second kappa shape index (κ2) is 9.10. The predicted octanol–water partition coefficient (Wildman–Crippen LogP) is 3.47. The Morgan fingerprint density at radius 3 is 2.53 bits per heavy atom. The van der Waals surface area contributed by atoms with Crippen LogP contribution in [0.4, 0.5) is 0 Å². The average Bonchev–Trinajstić information content (AvgIpc) is 2.79. The maximum Gasteiger partial charge on any atom is 0.0629 e. The molecule has 0 amide bonds.